The molecule has 0 saturated carbocycles. The Hall–Kier alpha value is -0.900. The van der Waals surface area contributed by atoms with Crippen LogP contribution in [-0.2, 0) is 0 Å². The van der Waals surface area contributed by atoms with Crippen molar-refractivity contribution in [2.45, 2.75) is 31.3 Å². The largest absolute Gasteiger partial charge is 0.394 e. The standard InChI is InChI=1S/C10H15NO6S/c1-4(13)10-11-5(3-18-10)7(15)9(17)8(16)6(14)2-12/h3,6-9,12,14-17H,2H2,1H3/t6-,7+,8-,9-/m1/s1. The second-order valence-electron chi connectivity index (χ2n) is 3.81. The lowest BCUT2D eigenvalue weighted by Gasteiger charge is -2.24. The van der Waals surface area contributed by atoms with Gasteiger partial charge in [0.1, 0.15) is 24.4 Å². The Morgan fingerprint density at radius 1 is 1.33 bits per heavy atom. The van der Waals surface area contributed by atoms with Gasteiger partial charge in [0.05, 0.1) is 12.3 Å². The number of ketones is 1. The highest BCUT2D eigenvalue weighted by molar-refractivity contribution is 7.11. The molecule has 0 saturated heterocycles. The predicted molar refractivity (Wildman–Crippen MR) is 62.2 cm³/mol. The van der Waals surface area contributed by atoms with Crippen molar-refractivity contribution in [3.63, 3.8) is 0 Å². The Kier molecular flexibility index (Phi) is 5.32. The van der Waals surface area contributed by atoms with E-state index in [9.17, 15) is 20.1 Å². The first-order chi connectivity index (χ1) is 8.38. The fourth-order valence-corrected chi connectivity index (χ4v) is 2.03. The van der Waals surface area contributed by atoms with Gasteiger partial charge in [-0.25, -0.2) is 4.98 Å². The van der Waals surface area contributed by atoms with Crippen molar-refractivity contribution < 1.29 is 30.3 Å². The quantitative estimate of drug-likeness (QED) is 0.398. The number of carbonyl (C=O) groups excluding carboxylic acids is 1. The maximum atomic E-state index is 11.0. The molecule has 18 heavy (non-hydrogen) atoms. The van der Waals surface area contributed by atoms with Crippen LogP contribution in [0.4, 0.5) is 0 Å². The van der Waals surface area contributed by atoms with Gasteiger partial charge in [-0.2, -0.15) is 0 Å². The van der Waals surface area contributed by atoms with Crippen LogP contribution in [0.1, 0.15) is 28.5 Å². The molecule has 7 nitrogen and oxygen atoms in total. The first kappa shape index (κ1) is 15.2. The molecule has 1 rings (SSSR count). The summed E-state index contributed by atoms with van der Waals surface area (Å²) in [5.74, 6) is -0.274. The number of aliphatic hydroxyl groups excluding tert-OH is 5. The molecule has 0 aliphatic heterocycles. The van der Waals surface area contributed by atoms with Crippen molar-refractivity contribution in [2.24, 2.45) is 0 Å². The van der Waals surface area contributed by atoms with E-state index in [0.29, 0.717) is 0 Å². The smallest absolute Gasteiger partial charge is 0.188 e. The lowest BCUT2D eigenvalue weighted by atomic mass is 10.0. The number of hydrogen-bond donors (Lipinski definition) is 5. The van der Waals surface area contributed by atoms with Crippen LogP contribution in [0.2, 0.25) is 0 Å². The van der Waals surface area contributed by atoms with Gasteiger partial charge >= 0.3 is 0 Å². The Bertz CT molecular complexity index is 409. The number of aromatic nitrogens is 1. The van der Waals surface area contributed by atoms with Crippen molar-refractivity contribution in [2.75, 3.05) is 6.61 Å². The molecule has 5 N–H and O–H groups in total. The maximum absolute atomic E-state index is 11.0. The van der Waals surface area contributed by atoms with E-state index < -0.39 is 31.0 Å². The van der Waals surface area contributed by atoms with E-state index in [1.54, 1.807) is 0 Å². The monoisotopic (exact) mass is 277 g/mol. The first-order valence-electron chi connectivity index (χ1n) is 5.18. The van der Waals surface area contributed by atoms with Crippen LogP contribution in [0.25, 0.3) is 0 Å². The summed E-state index contributed by atoms with van der Waals surface area (Å²) < 4.78 is 0. The number of carbonyl (C=O) groups is 1. The minimum Gasteiger partial charge on any atom is -0.394 e. The fourth-order valence-electron chi connectivity index (χ4n) is 1.28. The van der Waals surface area contributed by atoms with E-state index in [2.05, 4.69) is 4.98 Å². The molecule has 1 heterocycles. The van der Waals surface area contributed by atoms with Crippen molar-refractivity contribution in [3.8, 4) is 0 Å². The Morgan fingerprint density at radius 2 is 1.94 bits per heavy atom. The fraction of sp³-hybridized carbons (Fsp3) is 0.600. The maximum Gasteiger partial charge on any atom is 0.188 e. The third kappa shape index (κ3) is 3.31. The second-order valence-corrected chi connectivity index (χ2v) is 4.67. The van der Waals surface area contributed by atoms with Crippen LogP contribution in [0.5, 0.6) is 0 Å². The van der Waals surface area contributed by atoms with E-state index in [-0.39, 0.29) is 16.5 Å². The molecule has 102 valence electrons. The summed E-state index contributed by atoms with van der Waals surface area (Å²) in [6.07, 6.45) is -6.55. The first-order valence-corrected chi connectivity index (χ1v) is 6.06. The van der Waals surface area contributed by atoms with Crippen LogP contribution in [0.15, 0.2) is 5.38 Å². The summed E-state index contributed by atoms with van der Waals surface area (Å²) in [4.78, 5) is 14.8. The summed E-state index contributed by atoms with van der Waals surface area (Å²) >= 11 is 1.00. The summed E-state index contributed by atoms with van der Waals surface area (Å²) in [5, 5.41) is 48.1. The molecule has 0 aliphatic carbocycles. The third-order valence-corrected chi connectivity index (χ3v) is 3.34. The molecule has 0 amide bonds. The van der Waals surface area contributed by atoms with E-state index in [4.69, 9.17) is 10.2 Å². The van der Waals surface area contributed by atoms with E-state index >= 15 is 0 Å². The molecule has 0 aliphatic rings. The van der Waals surface area contributed by atoms with Crippen molar-refractivity contribution in [1.82, 2.24) is 4.98 Å². The second kappa shape index (κ2) is 6.32. The molecule has 0 unspecified atom stereocenters. The molecular formula is C10H15NO6S. The van der Waals surface area contributed by atoms with Crippen molar-refractivity contribution >= 4 is 17.1 Å². The lowest BCUT2D eigenvalue weighted by Crippen LogP contribution is -2.42. The third-order valence-electron chi connectivity index (χ3n) is 2.38. The molecule has 0 aromatic carbocycles. The number of thiazole rings is 1. The number of rotatable bonds is 6. The average Bonchev–Trinajstić information content (AvgIpc) is 2.84. The minimum atomic E-state index is -1.72. The van der Waals surface area contributed by atoms with Gasteiger partial charge in [-0.1, -0.05) is 0 Å². The highest BCUT2D eigenvalue weighted by atomic mass is 32.1. The molecule has 4 atom stereocenters. The molecule has 0 fully saturated rings. The Morgan fingerprint density at radius 3 is 2.39 bits per heavy atom. The molecule has 1 aromatic heterocycles. The topological polar surface area (TPSA) is 131 Å². The number of Topliss-reactive ketones (excluding diaryl/α,β-unsaturated/α-hetero) is 1. The lowest BCUT2D eigenvalue weighted by molar-refractivity contribution is -0.117. The van der Waals surface area contributed by atoms with E-state index in [1.165, 1.54) is 12.3 Å². The Labute approximate surface area is 107 Å². The van der Waals surface area contributed by atoms with Crippen LogP contribution >= 0.6 is 11.3 Å². The minimum absolute atomic E-state index is 0.0295. The van der Waals surface area contributed by atoms with Gasteiger partial charge in [-0.3, -0.25) is 4.79 Å². The molecular weight excluding hydrogens is 262 g/mol. The zero-order valence-electron chi connectivity index (χ0n) is 9.59. The number of nitrogens with zero attached hydrogens (tertiary/aromatic N) is 1. The average molecular weight is 277 g/mol. The normalized spacial score (nSPS) is 18.1. The van der Waals surface area contributed by atoms with Gasteiger partial charge < -0.3 is 25.5 Å². The summed E-state index contributed by atoms with van der Waals surface area (Å²) in [7, 11) is 0. The van der Waals surface area contributed by atoms with Gasteiger partial charge in [0, 0.05) is 12.3 Å². The van der Waals surface area contributed by atoms with Crippen molar-refractivity contribution in [3.05, 3.63) is 16.1 Å². The highest BCUT2D eigenvalue weighted by Crippen LogP contribution is 2.22. The van der Waals surface area contributed by atoms with Gasteiger partial charge in [0.2, 0.25) is 0 Å². The molecule has 0 spiro atoms. The number of hydrogen-bond acceptors (Lipinski definition) is 8. The van der Waals surface area contributed by atoms with E-state index in [1.807, 2.05) is 0 Å². The van der Waals surface area contributed by atoms with Crippen LogP contribution < -0.4 is 0 Å². The Balaban J connectivity index is 2.79. The van der Waals surface area contributed by atoms with Crippen molar-refractivity contribution in [1.29, 1.82) is 0 Å². The van der Waals surface area contributed by atoms with Gasteiger partial charge in [-0.05, 0) is 0 Å². The van der Waals surface area contributed by atoms with E-state index in [0.717, 1.165) is 11.3 Å². The predicted octanol–water partition coefficient (Wildman–Crippen LogP) is -1.55. The van der Waals surface area contributed by atoms with Crippen LogP contribution in [0.3, 0.4) is 0 Å². The summed E-state index contributed by atoms with van der Waals surface area (Å²) in [5.41, 5.74) is 0.0295. The van der Waals surface area contributed by atoms with Gasteiger partial charge in [-0.15, -0.1) is 11.3 Å². The molecule has 8 heteroatoms. The SMILES string of the molecule is CC(=O)c1nc([C@H](O)[C@@H](O)[C@H](O)[C@H](O)CO)cs1. The molecule has 0 radical (unpaired) electrons. The molecule has 0 bridgehead atoms. The highest BCUT2D eigenvalue weighted by Gasteiger charge is 2.32. The van der Waals surface area contributed by atoms with Crippen LogP contribution in [-0.4, -0.2) is 61.2 Å². The number of aliphatic hydroxyl groups is 5. The summed E-state index contributed by atoms with van der Waals surface area (Å²) in [6, 6.07) is 0. The van der Waals surface area contributed by atoms with Gasteiger partial charge in [0.15, 0.2) is 10.8 Å². The summed E-state index contributed by atoms with van der Waals surface area (Å²) in [6.45, 7) is 0.566. The molecule has 1 aromatic rings. The van der Waals surface area contributed by atoms with Gasteiger partial charge in [0.25, 0.3) is 0 Å². The van der Waals surface area contributed by atoms with Crippen LogP contribution in [0, 0.1) is 0 Å². The zero-order chi connectivity index (χ0) is 13.9. The zero-order valence-corrected chi connectivity index (χ0v) is 10.4.